The zero-order valence-electron chi connectivity index (χ0n) is 12.4. The Morgan fingerprint density at radius 1 is 1.40 bits per heavy atom. The van der Waals surface area contributed by atoms with Crippen molar-refractivity contribution in [3.63, 3.8) is 0 Å². The fourth-order valence-electron chi connectivity index (χ4n) is 3.02. The molecule has 1 heterocycles. The summed E-state index contributed by atoms with van der Waals surface area (Å²) in [5.41, 5.74) is 0.808. The second-order valence-electron chi connectivity index (χ2n) is 5.66. The van der Waals surface area contributed by atoms with Crippen molar-refractivity contribution in [3.05, 3.63) is 29.6 Å². The van der Waals surface area contributed by atoms with Crippen LogP contribution in [-0.2, 0) is 0 Å². The third-order valence-electron chi connectivity index (χ3n) is 4.35. The minimum atomic E-state index is -0.389. The number of hydrogen-bond donors (Lipinski definition) is 2. The molecule has 1 aromatic carbocycles. The van der Waals surface area contributed by atoms with E-state index < -0.39 is 0 Å². The van der Waals surface area contributed by atoms with Crippen molar-refractivity contribution in [2.24, 2.45) is 5.92 Å². The van der Waals surface area contributed by atoms with Crippen molar-refractivity contribution in [1.29, 1.82) is 0 Å². The van der Waals surface area contributed by atoms with Crippen molar-refractivity contribution in [2.45, 2.75) is 32.7 Å². The molecule has 1 aromatic rings. The molecule has 2 rings (SSSR count). The number of rotatable bonds is 5. The second-order valence-corrected chi connectivity index (χ2v) is 5.66. The molecule has 0 saturated carbocycles. The van der Waals surface area contributed by atoms with Gasteiger partial charge in [0.25, 0.3) is 0 Å². The van der Waals surface area contributed by atoms with E-state index in [0.29, 0.717) is 5.92 Å². The zero-order chi connectivity index (χ0) is 14.5. The van der Waals surface area contributed by atoms with Crippen LogP contribution in [0, 0.1) is 11.7 Å². The number of nitrogens with one attached hydrogen (secondary N) is 1. The van der Waals surface area contributed by atoms with Crippen LogP contribution in [0.25, 0.3) is 0 Å². The lowest BCUT2D eigenvalue weighted by Crippen LogP contribution is -2.37. The molecule has 2 N–H and O–H groups in total. The van der Waals surface area contributed by atoms with Gasteiger partial charge in [-0.1, -0.05) is 13.0 Å². The number of aromatic hydroxyl groups is 1. The highest BCUT2D eigenvalue weighted by molar-refractivity contribution is 5.35. The molecule has 0 spiro atoms. The second kappa shape index (κ2) is 7.04. The Bertz CT molecular complexity index is 432. The van der Waals surface area contributed by atoms with E-state index >= 15 is 0 Å². The Morgan fingerprint density at radius 2 is 2.10 bits per heavy atom. The van der Waals surface area contributed by atoms with Crippen LogP contribution in [0.4, 0.5) is 4.39 Å². The summed E-state index contributed by atoms with van der Waals surface area (Å²) in [5, 5.41) is 13.3. The van der Waals surface area contributed by atoms with E-state index in [4.69, 9.17) is 0 Å². The predicted octanol–water partition coefficient (Wildman–Crippen LogP) is 2.91. The summed E-state index contributed by atoms with van der Waals surface area (Å²) in [7, 11) is 0. The van der Waals surface area contributed by atoms with Gasteiger partial charge in [-0.3, -0.25) is 4.90 Å². The van der Waals surface area contributed by atoms with Gasteiger partial charge in [0.2, 0.25) is 0 Å². The van der Waals surface area contributed by atoms with E-state index in [0.717, 1.165) is 31.7 Å². The van der Waals surface area contributed by atoms with Crippen LogP contribution in [0.2, 0.25) is 0 Å². The smallest absolute Gasteiger partial charge is 0.126 e. The first-order valence-electron chi connectivity index (χ1n) is 7.55. The first-order chi connectivity index (χ1) is 9.61. The van der Waals surface area contributed by atoms with E-state index in [1.165, 1.54) is 25.0 Å². The molecule has 3 nitrogen and oxygen atoms in total. The minimum absolute atomic E-state index is 0.0567. The molecule has 0 radical (unpaired) electrons. The Hall–Kier alpha value is -1.13. The summed E-state index contributed by atoms with van der Waals surface area (Å²) in [4.78, 5) is 2.36. The van der Waals surface area contributed by atoms with Crippen LogP contribution in [0.15, 0.2) is 18.2 Å². The highest BCUT2D eigenvalue weighted by Crippen LogP contribution is 2.30. The molecular formula is C16H25FN2O. The highest BCUT2D eigenvalue weighted by Gasteiger charge is 2.22. The summed E-state index contributed by atoms with van der Waals surface area (Å²) in [6.07, 6.45) is 2.41. The van der Waals surface area contributed by atoms with Gasteiger partial charge in [0.1, 0.15) is 11.6 Å². The maximum atomic E-state index is 13.1. The van der Waals surface area contributed by atoms with E-state index in [-0.39, 0.29) is 17.6 Å². The SMILES string of the molecule is CCN(CC1CCNCC1)C(C)c1ccc(F)cc1O. The molecule has 20 heavy (non-hydrogen) atoms. The quantitative estimate of drug-likeness (QED) is 0.870. The number of benzene rings is 1. The molecular weight excluding hydrogens is 255 g/mol. The van der Waals surface area contributed by atoms with Crippen LogP contribution >= 0.6 is 0 Å². The third kappa shape index (κ3) is 3.70. The molecule has 1 unspecified atom stereocenters. The zero-order valence-corrected chi connectivity index (χ0v) is 12.4. The van der Waals surface area contributed by atoms with Gasteiger partial charge >= 0.3 is 0 Å². The van der Waals surface area contributed by atoms with Crippen LogP contribution in [-0.4, -0.2) is 36.2 Å². The predicted molar refractivity (Wildman–Crippen MR) is 79.3 cm³/mol. The lowest BCUT2D eigenvalue weighted by atomic mass is 9.96. The summed E-state index contributed by atoms with van der Waals surface area (Å²) in [6, 6.07) is 4.42. The van der Waals surface area contributed by atoms with Gasteiger partial charge in [-0.2, -0.15) is 0 Å². The first kappa shape index (κ1) is 15.3. The minimum Gasteiger partial charge on any atom is -0.508 e. The molecule has 0 aromatic heterocycles. The van der Waals surface area contributed by atoms with E-state index in [1.807, 2.05) is 0 Å². The standard InChI is InChI=1S/C16H25FN2O/c1-3-19(11-13-6-8-18-9-7-13)12(2)15-5-4-14(17)10-16(15)20/h4-5,10,12-13,18,20H,3,6-9,11H2,1-2H3. The maximum absolute atomic E-state index is 13.1. The van der Waals surface area contributed by atoms with Crippen molar-refractivity contribution in [2.75, 3.05) is 26.2 Å². The number of nitrogens with zero attached hydrogens (tertiary/aromatic N) is 1. The van der Waals surface area contributed by atoms with Gasteiger partial charge in [-0.15, -0.1) is 0 Å². The monoisotopic (exact) mass is 280 g/mol. The van der Waals surface area contributed by atoms with Gasteiger partial charge in [0.15, 0.2) is 0 Å². The molecule has 1 aliphatic heterocycles. The average Bonchev–Trinajstić information content (AvgIpc) is 2.45. The number of phenolic OH excluding ortho intramolecular Hbond substituents is 1. The number of halogens is 1. The van der Waals surface area contributed by atoms with Crippen LogP contribution in [0.3, 0.4) is 0 Å². The van der Waals surface area contributed by atoms with E-state index in [1.54, 1.807) is 6.07 Å². The highest BCUT2D eigenvalue weighted by atomic mass is 19.1. The fourth-order valence-corrected chi connectivity index (χ4v) is 3.02. The molecule has 112 valence electrons. The number of hydrogen-bond acceptors (Lipinski definition) is 3. The van der Waals surface area contributed by atoms with Gasteiger partial charge in [0.05, 0.1) is 0 Å². The van der Waals surface area contributed by atoms with Crippen molar-refractivity contribution >= 4 is 0 Å². The molecule has 0 amide bonds. The lowest BCUT2D eigenvalue weighted by Gasteiger charge is -2.33. The average molecular weight is 280 g/mol. The summed E-state index contributed by atoms with van der Waals surface area (Å²) in [5.74, 6) is 0.377. The molecule has 4 heteroatoms. The Morgan fingerprint density at radius 3 is 2.70 bits per heavy atom. The lowest BCUT2D eigenvalue weighted by molar-refractivity contribution is 0.166. The van der Waals surface area contributed by atoms with Gasteiger partial charge in [-0.05, 0) is 51.4 Å². The van der Waals surface area contributed by atoms with Gasteiger partial charge < -0.3 is 10.4 Å². The molecule has 1 atom stereocenters. The largest absolute Gasteiger partial charge is 0.508 e. The Balaban J connectivity index is 2.05. The van der Waals surface area contributed by atoms with Crippen molar-refractivity contribution in [3.8, 4) is 5.75 Å². The van der Waals surface area contributed by atoms with Gasteiger partial charge in [0, 0.05) is 24.2 Å². The van der Waals surface area contributed by atoms with Crippen molar-refractivity contribution < 1.29 is 9.50 Å². The third-order valence-corrected chi connectivity index (χ3v) is 4.35. The van der Waals surface area contributed by atoms with Gasteiger partial charge in [-0.25, -0.2) is 4.39 Å². The maximum Gasteiger partial charge on any atom is 0.126 e. The molecule has 0 aliphatic carbocycles. The fraction of sp³-hybridized carbons (Fsp3) is 0.625. The number of phenols is 1. The first-order valence-corrected chi connectivity index (χ1v) is 7.55. The van der Waals surface area contributed by atoms with Crippen LogP contribution in [0.1, 0.15) is 38.3 Å². The van der Waals surface area contributed by atoms with Crippen molar-refractivity contribution in [1.82, 2.24) is 10.2 Å². The topological polar surface area (TPSA) is 35.5 Å². The summed E-state index contributed by atoms with van der Waals surface area (Å²) >= 11 is 0. The Kier molecular flexibility index (Phi) is 5.38. The molecule has 0 bridgehead atoms. The molecule has 1 saturated heterocycles. The molecule has 1 fully saturated rings. The normalized spacial score (nSPS) is 18.4. The number of piperidine rings is 1. The van der Waals surface area contributed by atoms with Crippen LogP contribution < -0.4 is 5.32 Å². The van der Waals surface area contributed by atoms with Crippen LogP contribution in [0.5, 0.6) is 5.75 Å². The summed E-state index contributed by atoms with van der Waals surface area (Å²) in [6.45, 7) is 8.38. The summed E-state index contributed by atoms with van der Waals surface area (Å²) < 4.78 is 13.1. The molecule has 1 aliphatic rings. The van der Waals surface area contributed by atoms with E-state index in [2.05, 4.69) is 24.1 Å². The van der Waals surface area contributed by atoms with E-state index in [9.17, 15) is 9.50 Å². The Labute approximate surface area is 120 Å².